The Balaban J connectivity index is 1.87. The van der Waals surface area contributed by atoms with E-state index in [9.17, 15) is 8.42 Å². The number of imidazole rings is 1. The Morgan fingerprint density at radius 2 is 2.38 bits per heavy atom. The zero-order valence-electron chi connectivity index (χ0n) is 11.6. The van der Waals surface area contributed by atoms with Gasteiger partial charge in [-0.2, -0.15) is 0 Å². The number of likely N-dealkylation sites (N-methyl/N-ethyl adjacent to an activating group) is 1. The summed E-state index contributed by atoms with van der Waals surface area (Å²) in [6.07, 6.45) is 3.51. The van der Waals surface area contributed by atoms with Crippen molar-refractivity contribution >= 4 is 37.9 Å². The summed E-state index contributed by atoms with van der Waals surface area (Å²) >= 11 is 7.37. The van der Waals surface area contributed by atoms with Crippen molar-refractivity contribution in [3.05, 3.63) is 16.7 Å². The molecule has 116 valence electrons. The van der Waals surface area contributed by atoms with E-state index in [0.717, 1.165) is 32.5 Å². The summed E-state index contributed by atoms with van der Waals surface area (Å²) in [6, 6.07) is -0.0797. The van der Waals surface area contributed by atoms with Crippen LogP contribution in [0, 0.1) is 0 Å². The normalized spacial score (nSPS) is 21.1. The van der Waals surface area contributed by atoms with Crippen LogP contribution < -0.4 is 4.72 Å². The van der Waals surface area contributed by atoms with Crippen molar-refractivity contribution in [2.75, 3.05) is 19.6 Å². The maximum absolute atomic E-state index is 12.6. The average Bonchev–Trinajstić information content (AvgIpc) is 2.97. The number of likely N-dealkylation sites (tertiary alicyclic amines) is 1. The van der Waals surface area contributed by atoms with Crippen LogP contribution in [0.25, 0.3) is 4.96 Å². The van der Waals surface area contributed by atoms with Crippen molar-refractivity contribution < 1.29 is 8.42 Å². The maximum atomic E-state index is 12.6. The Hall–Kier alpha value is -0.670. The lowest BCUT2D eigenvalue weighted by molar-refractivity contribution is 0.211. The number of piperidine rings is 1. The van der Waals surface area contributed by atoms with Gasteiger partial charge in [-0.1, -0.05) is 18.5 Å². The molecule has 0 saturated carbocycles. The van der Waals surface area contributed by atoms with Gasteiger partial charge in [-0.3, -0.25) is 4.40 Å². The lowest BCUT2D eigenvalue weighted by Crippen LogP contribution is -2.47. The van der Waals surface area contributed by atoms with Crippen molar-refractivity contribution in [3.8, 4) is 0 Å². The number of hydrogen-bond acceptors (Lipinski definition) is 5. The van der Waals surface area contributed by atoms with Crippen LogP contribution in [-0.2, 0) is 10.0 Å². The largest absolute Gasteiger partial charge is 0.302 e. The molecule has 3 heterocycles. The van der Waals surface area contributed by atoms with Gasteiger partial charge in [-0.05, 0) is 25.9 Å². The highest BCUT2D eigenvalue weighted by Crippen LogP contribution is 2.26. The first kappa shape index (κ1) is 15.2. The van der Waals surface area contributed by atoms with Gasteiger partial charge in [0, 0.05) is 24.2 Å². The molecule has 1 saturated heterocycles. The smallest absolute Gasteiger partial charge is 0.260 e. The van der Waals surface area contributed by atoms with Crippen molar-refractivity contribution in [2.45, 2.75) is 30.8 Å². The van der Waals surface area contributed by atoms with Crippen LogP contribution >= 0.6 is 22.9 Å². The highest BCUT2D eigenvalue weighted by atomic mass is 35.5. The first-order valence-electron chi connectivity index (χ1n) is 6.87. The van der Waals surface area contributed by atoms with Gasteiger partial charge in [0.25, 0.3) is 10.0 Å². The van der Waals surface area contributed by atoms with Gasteiger partial charge >= 0.3 is 0 Å². The molecule has 2 aromatic rings. The van der Waals surface area contributed by atoms with Crippen LogP contribution in [0.1, 0.15) is 19.8 Å². The summed E-state index contributed by atoms with van der Waals surface area (Å²) in [5, 5.41) is 1.85. The molecular weight excluding hydrogens is 332 g/mol. The fourth-order valence-corrected chi connectivity index (χ4v) is 5.41. The fraction of sp³-hybridized carbons (Fsp3) is 0.583. The van der Waals surface area contributed by atoms with E-state index in [0.29, 0.717) is 4.96 Å². The summed E-state index contributed by atoms with van der Waals surface area (Å²) in [5.74, 6) is 0. The molecule has 1 fully saturated rings. The van der Waals surface area contributed by atoms with E-state index in [1.807, 2.05) is 0 Å². The van der Waals surface area contributed by atoms with Gasteiger partial charge in [0.05, 0.1) is 0 Å². The van der Waals surface area contributed by atoms with Crippen LogP contribution in [0.5, 0.6) is 0 Å². The SMILES string of the molecule is CCN1CCCC(NS(=O)(=O)c2c(Cl)nc3sccn23)C1. The highest BCUT2D eigenvalue weighted by Gasteiger charge is 2.29. The lowest BCUT2D eigenvalue weighted by Gasteiger charge is -2.31. The quantitative estimate of drug-likeness (QED) is 0.915. The van der Waals surface area contributed by atoms with E-state index in [4.69, 9.17) is 11.6 Å². The second-order valence-corrected chi connectivity index (χ2v) is 7.98. The van der Waals surface area contributed by atoms with Gasteiger partial charge in [0.2, 0.25) is 0 Å². The highest BCUT2D eigenvalue weighted by molar-refractivity contribution is 7.89. The summed E-state index contributed by atoms with van der Waals surface area (Å²) in [6.45, 7) is 4.77. The minimum absolute atomic E-state index is 0.0255. The summed E-state index contributed by atoms with van der Waals surface area (Å²) in [7, 11) is -3.68. The Bertz CT molecular complexity index is 740. The van der Waals surface area contributed by atoms with Crippen LogP contribution in [0.15, 0.2) is 16.6 Å². The van der Waals surface area contributed by atoms with Crippen molar-refractivity contribution in [2.24, 2.45) is 0 Å². The molecule has 0 amide bonds. The number of nitrogens with zero attached hydrogens (tertiary/aromatic N) is 3. The molecular formula is C12H17ClN4O2S2. The van der Waals surface area contributed by atoms with Gasteiger partial charge in [0.15, 0.2) is 15.1 Å². The molecule has 1 N–H and O–H groups in total. The number of nitrogens with one attached hydrogen (secondary N) is 1. The fourth-order valence-electron chi connectivity index (χ4n) is 2.69. The Labute approximate surface area is 132 Å². The zero-order valence-corrected chi connectivity index (χ0v) is 14.0. The van der Waals surface area contributed by atoms with Gasteiger partial charge in [-0.15, -0.1) is 11.3 Å². The molecule has 2 aromatic heterocycles. The molecule has 6 nitrogen and oxygen atoms in total. The number of fused-ring (bicyclic) bond motifs is 1. The number of rotatable bonds is 4. The van der Waals surface area contributed by atoms with E-state index < -0.39 is 10.0 Å². The maximum Gasteiger partial charge on any atom is 0.260 e. The van der Waals surface area contributed by atoms with Crippen LogP contribution in [0.3, 0.4) is 0 Å². The Morgan fingerprint density at radius 1 is 1.57 bits per heavy atom. The molecule has 0 bridgehead atoms. The standard InChI is InChI=1S/C12H17ClN4O2S2/c1-2-16-5-3-4-9(8-16)15-21(18,19)11-10(13)14-12-17(11)6-7-20-12/h6-7,9,15H,2-5,8H2,1H3. The van der Waals surface area contributed by atoms with E-state index in [1.54, 1.807) is 11.6 Å². The third kappa shape index (κ3) is 2.95. The van der Waals surface area contributed by atoms with E-state index in [2.05, 4.69) is 21.5 Å². The molecule has 0 radical (unpaired) electrons. The van der Waals surface area contributed by atoms with Crippen LogP contribution in [0.2, 0.25) is 5.15 Å². The number of sulfonamides is 1. The van der Waals surface area contributed by atoms with Crippen LogP contribution in [-0.4, -0.2) is 48.4 Å². The molecule has 1 unspecified atom stereocenters. The molecule has 21 heavy (non-hydrogen) atoms. The lowest BCUT2D eigenvalue weighted by atomic mass is 10.1. The van der Waals surface area contributed by atoms with Gasteiger partial charge < -0.3 is 4.90 Å². The Morgan fingerprint density at radius 3 is 3.14 bits per heavy atom. The van der Waals surface area contributed by atoms with E-state index in [1.165, 1.54) is 15.7 Å². The predicted octanol–water partition coefficient (Wildman–Crippen LogP) is 1.81. The molecule has 0 aliphatic carbocycles. The Kier molecular flexibility index (Phi) is 4.24. The molecule has 1 aliphatic heterocycles. The minimum Gasteiger partial charge on any atom is -0.302 e. The van der Waals surface area contributed by atoms with Crippen molar-refractivity contribution in [3.63, 3.8) is 0 Å². The number of hydrogen-bond donors (Lipinski definition) is 1. The number of halogens is 1. The number of thiazole rings is 1. The van der Waals surface area contributed by atoms with Gasteiger partial charge in [0.1, 0.15) is 0 Å². The summed E-state index contributed by atoms with van der Waals surface area (Å²) in [5.41, 5.74) is 0. The predicted molar refractivity (Wildman–Crippen MR) is 83.5 cm³/mol. The van der Waals surface area contributed by atoms with E-state index >= 15 is 0 Å². The second-order valence-electron chi connectivity index (χ2n) is 5.12. The van der Waals surface area contributed by atoms with Crippen molar-refractivity contribution in [1.82, 2.24) is 19.0 Å². The number of aromatic nitrogens is 2. The molecule has 9 heteroatoms. The first-order valence-corrected chi connectivity index (χ1v) is 9.61. The zero-order chi connectivity index (χ0) is 15.0. The minimum atomic E-state index is -3.68. The average molecular weight is 349 g/mol. The molecule has 0 aromatic carbocycles. The monoisotopic (exact) mass is 348 g/mol. The first-order chi connectivity index (χ1) is 10.0. The van der Waals surface area contributed by atoms with Crippen molar-refractivity contribution in [1.29, 1.82) is 0 Å². The molecule has 0 spiro atoms. The van der Waals surface area contributed by atoms with E-state index in [-0.39, 0.29) is 16.2 Å². The topological polar surface area (TPSA) is 66.7 Å². The molecule has 3 rings (SSSR count). The third-order valence-electron chi connectivity index (χ3n) is 3.71. The summed E-state index contributed by atoms with van der Waals surface area (Å²) < 4.78 is 29.5. The van der Waals surface area contributed by atoms with Gasteiger partial charge in [-0.25, -0.2) is 18.1 Å². The molecule has 1 atom stereocenters. The second kappa shape index (κ2) is 5.85. The third-order valence-corrected chi connectivity index (χ3v) is 6.38. The molecule has 1 aliphatic rings. The van der Waals surface area contributed by atoms with Crippen LogP contribution in [0.4, 0.5) is 0 Å². The summed E-state index contributed by atoms with van der Waals surface area (Å²) in [4.78, 5) is 6.91.